The molecular formula is C24H27N3O3S. The van der Waals surface area contributed by atoms with Gasteiger partial charge in [0.1, 0.15) is 5.75 Å². The molecule has 0 saturated heterocycles. The van der Waals surface area contributed by atoms with E-state index in [1.807, 2.05) is 56.3 Å². The minimum Gasteiger partial charge on any atom is -0.494 e. The second kappa shape index (κ2) is 9.56. The van der Waals surface area contributed by atoms with E-state index in [0.717, 1.165) is 31.4 Å². The molecule has 1 heterocycles. The van der Waals surface area contributed by atoms with Crippen molar-refractivity contribution < 1.29 is 9.53 Å². The Bertz CT molecular complexity index is 1120. The fourth-order valence-electron chi connectivity index (χ4n) is 3.88. The van der Waals surface area contributed by atoms with Gasteiger partial charge in [-0.1, -0.05) is 36.7 Å². The molecule has 3 aromatic rings. The normalized spacial score (nSPS) is 15.2. The van der Waals surface area contributed by atoms with Gasteiger partial charge in [0.2, 0.25) is 5.91 Å². The summed E-state index contributed by atoms with van der Waals surface area (Å²) in [6, 6.07) is 14.9. The Balaban J connectivity index is 1.70. The highest BCUT2D eigenvalue weighted by Crippen LogP contribution is 2.27. The smallest absolute Gasteiger partial charge is 0.266 e. The molecule has 7 heteroatoms. The Hall–Kier alpha value is -2.80. The number of aromatic nitrogens is 2. The summed E-state index contributed by atoms with van der Waals surface area (Å²) in [5, 5.41) is 3.81. The molecular weight excluding hydrogens is 410 g/mol. The Morgan fingerprint density at radius 2 is 1.90 bits per heavy atom. The fourth-order valence-corrected chi connectivity index (χ4v) is 4.81. The minimum absolute atomic E-state index is 0.0162. The lowest BCUT2D eigenvalue weighted by molar-refractivity contribution is -0.120. The Kier molecular flexibility index (Phi) is 6.61. The van der Waals surface area contributed by atoms with Gasteiger partial charge >= 0.3 is 0 Å². The molecule has 162 valence electrons. The number of hydrogen-bond donors (Lipinski definition) is 1. The lowest BCUT2D eigenvalue weighted by Gasteiger charge is -2.18. The van der Waals surface area contributed by atoms with Crippen LogP contribution in [-0.2, 0) is 4.79 Å². The summed E-state index contributed by atoms with van der Waals surface area (Å²) in [7, 11) is 0. The molecule has 1 fully saturated rings. The van der Waals surface area contributed by atoms with Crippen LogP contribution in [0.2, 0.25) is 0 Å². The summed E-state index contributed by atoms with van der Waals surface area (Å²) in [4.78, 5) is 30.9. The van der Waals surface area contributed by atoms with Crippen LogP contribution in [0.5, 0.6) is 5.75 Å². The second-order valence-corrected chi connectivity index (χ2v) is 9.04. The summed E-state index contributed by atoms with van der Waals surface area (Å²) in [5.74, 6) is 0.726. The van der Waals surface area contributed by atoms with Crippen molar-refractivity contribution in [3.05, 3.63) is 58.9 Å². The molecule has 1 unspecified atom stereocenters. The average Bonchev–Trinajstić information content (AvgIpc) is 3.28. The molecule has 1 atom stereocenters. The SMILES string of the molecule is CCOc1ccc(-n2c(SC(C)C(=O)NC3CCCC3)nc3ccccc3c2=O)cc1. The van der Waals surface area contributed by atoms with Gasteiger partial charge in [0.25, 0.3) is 5.56 Å². The molecule has 0 bridgehead atoms. The molecule has 0 aliphatic heterocycles. The van der Waals surface area contributed by atoms with Gasteiger partial charge < -0.3 is 10.1 Å². The number of nitrogens with one attached hydrogen (secondary N) is 1. The van der Waals surface area contributed by atoms with Crippen molar-refractivity contribution in [3.63, 3.8) is 0 Å². The number of amides is 1. The summed E-state index contributed by atoms with van der Waals surface area (Å²) >= 11 is 1.31. The molecule has 0 spiro atoms. The highest BCUT2D eigenvalue weighted by atomic mass is 32.2. The number of fused-ring (bicyclic) bond motifs is 1. The van der Waals surface area contributed by atoms with Crippen LogP contribution in [0.25, 0.3) is 16.6 Å². The number of para-hydroxylation sites is 1. The van der Waals surface area contributed by atoms with Crippen molar-refractivity contribution in [2.75, 3.05) is 6.61 Å². The van der Waals surface area contributed by atoms with Gasteiger partial charge in [0.15, 0.2) is 5.16 Å². The minimum atomic E-state index is -0.373. The topological polar surface area (TPSA) is 73.2 Å². The quantitative estimate of drug-likeness (QED) is 0.440. The van der Waals surface area contributed by atoms with Gasteiger partial charge in [-0.3, -0.25) is 14.2 Å². The number of nitrogens with zero attached hydrogens (tertiary/aromatic N) is 2. The van der Waals surface area contributed by atoms with Crippen LogP contribution in [0.3, 0.4) is 0 Å². The van der Waals surface area contributed by atoms with E-state index >= 15 is 0 Å². The number of benzene rings is 2. The zero-order chi connectivity index (χ0) is 21.8. The highest BCUT2D eigenvalue weighted by Gasteiger charge is 2.23. The largest absolute Gasteiger partial charge is 0.494 e. The van der Waals surface area contributed by atoms with E-state index in [1.165, 1.54) is 11.8 Å². The summed E-state index contributed by atoms with van der Waals surface area (Å²) in [6.07, 6.45) is 4.40. The van der Waals surface area contributed by atoms with Crippen LogP contribution < -0.4 is 15.6 Å². The second-order valence-electron chi connectivity index (χ2n) is 7.73. The van der Waals surface area contributed by atoms with Crippen LogP contribution in [0.15, 0.2) is 58.5 Å². The third-order valence-electron chi connectivity index (χ3n) is 5.50. The van der Waals surface area contributed by atoms with Gasteiger partial charge in [-0.2, -0.15) is 0 Å². The van der Waals surface area contributed by atoms with E-state index in [4.69, 9.17) is 9.72 Å². The van der Waals surface area contributed by atoms with E-state index in [9.17, 15) is 9.59 Å². The zero-order valence-electron chi connectivity index (χ0n) is 17.8. The molecule has 0 radical (unpaired) electrons. The fraction of sp³-hybridized carbons (Fsp3) is 0.375. The van der Waals surface area contributed by atoms with Crippen LogP contribution in [0.1, 0.15) is 39.5 Å². The summed E-state index contributed by atoms with van der Waals surface area (Å²) in [6.45, 7) is 4.36. The number of rotatable bonds is 7. The van der Waals surface area contributed by atoms with Gasteiger partial charge in [-0.25, -0.2) is 4.98 Å². The number of hydrogen-bond acceptors (Lipinski definition) is 5. The highest BCUT2D eigenvalue weighted by molar-refractivity contribution is 8.00. The first-order valence-electron chi connectivity index (χ1n) is 10.8. The zero-order valence-corrected chi connectivity index (χ0v) is 18.7. The molecule has 1 aliphatic carbocycles. The van der Waals surface area contributed by atoms with Crippen molar-refractivity contribution in [2.45, 2.75) is 56.0 Å². The molecule has 6 nitrogen and oxygen atoms in total. The molecule has 4 rings (SSSR count). The van der Waals surface area contributed by atoms with Crippen LogP contribution in [0, 0.1) is 0 Å². The molecule has 31 heavy (non-hydrogen) atoms. The third-order valence-corrected chi connectivity index (χ3v) is 6.56. The molecule has 2 aromatic carbocycles. The first-order chi connectivity index (χ1) is 15.1. The van der Waals surface area contributed by atoms with Crippen molar-refractivity contribution in [1.29, 1.82) is 0 Å². The Morgan fingerprint density at radius 3 is 2.61 bits per heavy atom. The van der Waals surface area contributed by atoms with Gasteiger partial charge in [0, 0.05) is 6.04 Å². The molecule has 1 N–H and O–H groups in total. The summed E-state index contributed by atoms with van der Waals surface area (Å²) in [5.41, 5.74) is 1.17. The lowest BCUT2D eigenvalue weighted by atomic mass is 10.2. The predicted octanol–water partition coefficient (Wildman–Crippen LogP) is 4.32. The first-order valence-corrected chi connectivity index (χ1v) is 11.7. The number of thioether (sulfide) groups is 1. The lowest BCUT2D eigenvalue weighted by Crippen LogP contribution is -2.38. The Labute approximate surface area is 186 Å². The van der Waals surface area contributed by atoms with Crippen LogP contribution in [0.4, 0.5) is 0 Å². The molecule has 1 saturated carbocycles. The number of carbonyl (C=O) groups excluding carboxylic acids is 1. The number of carbonyl (C=O) groups is 1. The van der Waals surface area contributed by atoms with Gasteiger partial charge in [0.05, 0.1) is 28.4 Å². The maximum absolute atomic E-state index is 13.4. The van der Waals surface area contributed by atoms with Gasteiger partial charge in [-0.05, 0) is 63.1 Å². The van der Waals surface area contributed by atoms with Crippen molar-refractivity contribution in [3.8, 4) is 11.4 Å². The van der Waals surface area contributed by atoms with Crippen molar-refractivity contribution in [1.82, 2.24) is 14.9 Å². The predicted molar refractivity (Wildman–Crippen MR) is 124 cm³/mol. The Morgan fingerprint density at radius 1 is 1.19 bits per heavy atom. The van der Waals surface area contributed by atoms with E-state index in [1.54, 1.807) is 10.6 Å². The molecule has 1 aromatic heterocycles. The van der Waals surface area contributed by atoms with E-state index in [-0.39, 0.29) is 22.8 Å². The monoisotopic (exact) mass is 437 g/mol. The van der Waals surface area contributed by atoms with E-state index in [2.05, 4.69) is 5.32 Å². The van der Waals surface area contributed by atoms with E-state index < -0.39 is 0 Å². The average molecular weight is 438 g/mol. The van der Waals surface area contributed by atoms with Crippen LogP contribution >= 0.6 is 11.8 Å². The van der Waals surface area contributed by atoms with Crippen LogP contribution in [-0.4, -0.2) is 33.4 Å². The van der Waals surface area contributed by atoms with Gasteiger partial charge in [-0.15, -0.1) is 0 Å². The summed E-state index contributed by atoms with van der Waals surface area (Å²) < 4.78 is 7.11. The standard InChI is InChI=1S/C24H27N3O3S/c1-3-30-19-14-12-18(13-15-19)27-23(29)20-10-6-7-11-21(20)26-24(27)31-16(2)22(28)25-17-8-4-5-9-17/h6-7,10-17H,3-5,8-9H2,1-2H3,(H,25,28). The van der Waals surface area contributed by atoms with Crippen molar-refractivity contribution in [2.24, 2.45) is 0 Å². The maximum Gasteiger partial charge on any atom is 0.266 e. The first kappa shape index (κ1) is 21.4. The van der Waals surface area contributed by atoms with Crippen molar-refractivity contribution >= 4 is 28.6 Å². The molecule has 1 aliphatic rings. The van der Waals surface area contributed by atoms with E-state index in [0.29, 0.717) is 28.4 Å². The maximum atomic E-state index is 13.4. The number of ether oxygens (including phenoxy) is 1. The molecule has 1 amide bonds. The third kappa shape index (κ3) is 4.77.